The van der Waals surface area contributed by atoms with Crippen molar-refractivity contribution in [3.8, 4) is 11.3 Å². The number of nitrogens with two attached hydrogens (primary N) is 1. The summed E-state index contributed by atoms with van der Waals surface area (Å²) in [5, 5.41) is 10.4. The molecular formula is C20H22F4N2O. The average Bonchev–Trinajstić information content (AvgIpc) is 3.40. The molecular weight excluding hydrogens is 360 g/mol. The van der Waals surface area contributed by atoms with Gasteiger partial charge in [0.05, 0.1) is 11.2 Å². The average molecular weight is 382 g/mol. The topological polar surface area (TPSA) is 59.1 Å². The number of hydrogen-bond acceptors (Lipinski definition) is 3. The first-order valence-electron chi connectivity index (χ1n) is 8.83. The van der Waals surface area contributed by atoms with Crippen molar-refractivity contribution in [3.63, 3.8) is 0 Å². The molecule has 0 saturated heterocycles. The fraction of sp³-hybridized carbons (Fsp3) is 0.450. The van der Waals surface area contributed by atoms with E-state index in [0.29, 0.717) is 18.2 Å². The Morgan fingerprint density at radius 3 is 2.22 bits per heavy atom. The van der Waals surface area contributed by atoms with Crippen LogP contribution >= 0.6 is 0 Å². The number of nitrogens with zero attached hydrogens (tertiary/aromatic N) is 1. The fourth-order valence-corrected chi connectivity index (χ4v) is 3.25. The van der Waals surface area contributed by atoms with Gasteiger partial charge in [-0.2, -0.15) is 13.2 Å². The van der Waals surface area contributed by atoms with E-state index in [2.05, 4.69) is 4.98 Å². The lowest BCUT2D eigenvalue weighted by atomic mass is 9.91. The summed E-state index contributed by atoms with van der Waals surface area (Å²) >= 11 is 0. The van der Waals surface area contributed by atoms with Crippen LogP contribution < -0.4 is 5.73 Å². The Labute approximate surface area is 155 Å². The van der Waals surface area contributed by atoms with E-state index in [1.807, 2.05) is 0 Å². The summed E-state index contributed by atoms with van der Waals surface area (Å²) in [4.78, 5) is 4.39. The summed E-state index contributed by atoms with van der Waals surface area (Å²) in [5.41, 5.74) is 4.36. The first kappa shape index (κ1) is 19.8. The standard InChI is InChI=1S/C20H22F4N2O/c1-19(2,27)15-9-16(14(10-25)11-3-4-11)26-18(17(15)21)12-5-7-13(8-6-12)20(22,23)24/h5-9,11,14,27H,3-4,10,25H2,1-2H3. The summed E-state index contributed by atoms with van der Waals surface area (Å²) in [6.07, 6.45) is -2.45. The van der Waals surface area contributed by atoms with Gasteiger partial charge in [-0.15, -0.1) is 0 Å². The van der Waals surface area contributed by atoms with Gasteiger partial charge in [0.15, 0.2) is 5.82 Å². The van der Waals surface area contributed by atoms with Gasteiger partial charge in [0, 0.05) is 29.3 Å². The number of pyridine rings is 1. The number of benzene rings is 1. The number of rotatable bonds is 5. The molecule has 2 aromatic rings. The first-order valence-corrected chi connectivity index (χ1v) is 8.83. The molecule has 146 valence electrons. The van der Waals surface area contributed by atoms with Crippen molar-refractivity contribution in [2.75, 3.05) is 6.54 Å². The predicted octanol–water partition coefficient (Wildman–Crippen LogP) is 4.59. The largest absolute Gasteiger partial charge is 0.416 e. The number of aromatic nitrogens is 1. The molecule has 0 bridgehead atoms. The molecule has 1 heterocycles. The number of halogens is 4. The monoisotopic (exact) mass is 382 g/mol. The minimum atomic E-state index is -4.47. The van der Waals surface area contributed by atoms with Gasteiger partial charge in [0.2, 0.25) is 0 Å². The Morgan fingerprint density at radius 2 is 1.78 bits per heavy atom. The van der Waals surface area contributed by atoms with Gasteiger partial charge < -0.3 is 10.8 Å². The highest BCUT2D eigenvalue weighted by molar-refractivity contribution is 5.62. The highest BCUT2D eigenvalue weighted by Gasteiger charge is 2.35. The van der Waals surface area contributed by atoms with Crippen LogP contribution in [0.15, 0.2) is 30.3 Å². The van der Waals surface area contributed by atoms with Gasteiger partial charge in [-0.3, -0.25) is 0 Å². The third-order valence-corrected chi connectivity index (χ3v) is 4.95. The molecule has 0 amide bonds. The molecule has 1 atom stereocenters. The second-order valence-electron chi connectivity index (χ2n) is 7.57. The smallest absolute Gasteiger partial charge is 0.386 e. The second-order valence-corrected chi connectivity index (χ2v) is 7.57. The van der Waals surface area contributed by atoms with Crippen LogP contribution in [0, 0.1) is 11.7 Å². The molecule has 0 spiro atoms. The van der Waals surface area contributed by atoms with E-state index in [1.54, 1.807) is 0 Å². The van der Waals surface area contributed by atoms with Crippen LogP contribution in [-0.4, -0.2) is 16.6 Å². The predicted molar refractivity (Wildman–Crippen MR) is 94.4 cm³/mol. The lowest BCUT2D eigenvalue weighted by Crippen LogP contribution is -2.22. The summed E-state index contributed by atoms with van der Waals surface area (Å²) in [6.45, 7) is 3.25. The van der Waals surface area contributed by atoms with Crippen LogP contribution in [0.1, 0.15) is 49.4 Å². The van der Waals surface area contributed by atoms with E-state index in [1.165, 1.54) is 32.0 Å². The Bertz CT molecular complexity index is 822. The lowest BCUT2D eigenvalue weighted by Gasteiger charge is -2.23. The van der Waals surface area contributed by atoms with Crippen molar-refractivity contribution in [2.24, 2.45) is 11.7 Å². The van der Waals surface area contributed by atoms with Crippen LogP contribution in [0.3, 0.4) is 0 Å². The second kappa shape index (κ2) is 6.87. The summed E-state index contributed by atoms with van der Waals surface area (Å²) in [7, 11) is 0. The molecule has 27 heavy (non-hydrogen) atoms. The Hall–Kier alpha value is -1.99. The van der Waals surface area contributed by atoms with Crippen molar-refractivity contribution in [1.29, 1.82) is 0 Å². The summed E-state index contributed by atoms with van der Waals surface area (Å²) in [6, 6.07) is 5.71. The van der Waals surface area contributed by atoms with Gasteiger partial charge in [0.1, 0.15) is 5.69 Å². The van der Waals surface area contributed by atoms with Crippen LogP contribution in [0.2, 0.25) is 0 Å². The number of aliphatic hydroxyl groups is 1. The fourth-order valence-electron chi connectivity index (χ4n) is 3.25. The Kier molecular flexibility index (Phi) is 5.03. The highest BCUT2D eigenvalue weighted by atomic mass is 19.4. The van der Waals surface area contributed by atoms with E-state index < -0.39 is 23.2 Å². The molecule has 3 rings (SSSR count). The zero-order valence-corrected chi connectivity index (χ0v) is 15.1. The molecule has 1 aliphatic carbocycles. The van der Waals surface area contributed by atoms with Crippen molar-refractivity contribution < 1.29 is 22.7 Å². The van der Waals surface area contributed by atoms with Gasteiger partial charge >= 0.3 is 6.18 Å². The molecule has 0 radical (unpaired) electrons. The SMILES string of the molecule is CC(C)(O)c1cc(C(CN)C2CC2)nc(-c2ccc(C(F)(F)F)cc2)c1F. The first-order chi connectivity index (χ1) is 12.5. The van der Waals surface area contributed by atoms with Crippen molar-refractivity contribution in [1.82, 2.24) is 4.98 Å². The van der Waals surface area contributed by atoms with Crippen LogP contribution in [0.25, 0.3) is 11.3 Å². The molecule has 0 aliphatic heterocycles. The maximum atomic E-state index is 15.1. The van der Waals surface area contributed by atoms with Crippen LogP contribution in [-0.2, 0) is 11.8 Å². The molecule has 1 saturated carbocycles. The van der Waals surface area contributed by atoms with E-state index in [4.69, 9.17) is 5.73 Å². The third-order valence-electron chi connectivity index (χ3n) is 4.95. The maximum Gasteiger partial charge on any atom is 0.416 e. The van der Waals surface area contributed by atoms with E-state index in [-0.39, 0.29) is 22.7 Å². The quantitative estimate of drug-likeness (QED) is 0.744. The molecule has 1 aromatic carbocycles. The van der Waals surface area contributed by atoms with Gasteiger partial charge in [-0.25, -0.2) is 9.37 Å². The van der Waals surface area contributed by atoms with E-state index >= 15 is 4.39 Å². The number of hydrogen-bond donors (Lipinski definition) is 2. The lowest BCUT2D eigenvalue weighted by molar-refractivity contribution is -0.137. The normalized spacial score (nSPS) is 16.4. The third kappa shape index (κ3) is 4.14. The Morgan fingerprint density at radius 1 is 1.19 bits per heavy atom. The molecule has 3 N–H and O–H groups in total. The van der Waals surface area contributed by atoms with Gasteiger partial charge in [-0.1, -0.05) is 12.1 Å². The van der Waals surface area contributed by atoms with Crippen molar-refractivity contribution in [3.05, 3.63) is 53.0 Å². The highest BCUT2D eigenvalue weighted by Crippen LogP contribution is 2.43. The molecule has 3 nitrogen and oxygen atoms in total. The molecule has 1 aromatic heterocycles. The zero-order valence-electron chi connectivity index (χ0n) is 15.1. The Balaban J connectivity index is 2.13. The van der Waals surface area contributed by atoms with E-state index in [9.17, 15) is 18.3 Å². The van der Waals surface area contributed by atoms with Crippen LogP contribution in [0.5, 0.6) is 0 Å². The molecule has 1 fully saturated rings. The molecule has 7 heteroatoms. The van der Waals surface area contributed by atoms with Crippen molar-refractivity contribution >= 4 is 0 Å². The van der Waals surface area contributed by atoms with Crippen LogP contribution in [0.4, 0.5) is 17.6 Å². The number of alkyl halides is 3. The molecule has 1 aliphatic rings. The maximum absolute atomic E-state index is 15.1. The summed E-state index contributed by atoms with van der Waals surface area (Å²) < 4.78 is 53.5. The van der Waals surface area contributed by atoms with Gasteiger partial charge in [-0.05, 0) is 50.8 Å². The summed E-state index contributed by atoms with van der Waals surface area (Å²) in [5.74, 6) is -0.444. The van der Waals surface area contributed by atoms with Crippen molar-refractivity contribution in [2.45, 2.75) is 44.4 Å². The minimum Gasteiger partial charge on any atom is -0.386 e. The van der Waals surface area contributed by atoms with E-state index in [0.717, 1.165) is 25.0 Å². The molecule has 1 unspecified atom stereocenters. The van der Waals surface area contributed by atoms with Gasteiger partial charge in [0.25, 0.3) is 0 Å². The minimum absolute atomic E-state index is 0.0569. The zero-order chi connectivity index (χ0) is 20.0.